The highest BCUT2D eigenvalue weighted by atomic mass is 79.9. The van der Waals surface area contributed by atoms with Crippen molar-refractivity contribution in [2.24, 2.45) is 0 Å². The van der Waals surface area contributed by atoms with Crippen molar-refractivity contribution in [3.63, 3.8) is 0 Å². The Labute approximate surface area is 85.3 Å². The van der Waals surface area contributed by atoms with E-state index in [1.807, 2.05) is 0 Å². The summed E-state index contributed by atoms with van der Waals surface area (Å²) in [5.41, 5.74) is 0.317. The molecule has 0 amide bonds. The van der Waals surface area contributed by atoms with E-state index in [4.69, 9.17) is 5.11 Å². The van der Waals surface area contributed by atoms with Crippen LogP contribution in [0.25, 0.3) is 0 Å². The first-order chi connectivity index (χ1) is 5.93. The summed E-state index contributed by atoms with van der Waals surface area (Å²) in [5.74, 6) is -5.78. The predicted octanol–water partition coefficient (Wildman–Crippen LogP) is 2.77. The summed E-state index contributed by atoms with van der Waals surface area (Å²) in [7, 11) is 0. The van der Waals surface area contributed by atoms with Crippen LogP contribution in [0.3, 0.4) is 0 Å². The third-order valence-corrected chi connectivity index (χ3v) is 3.25. The van der Waals surface area contributed by atoms with Crippen LogP contribution in [0.5, 0.6) is 0 Å². The quantitative estimate of drug-likeness (QED) is 0.917. The van der Waals surface area contributed by atoms with E-state index in [2.05, 4.69) is 15.9 Å². The van der Waals surface area contributed by atoms with Gasteiger partial charge < -0.3 is 5.11 Å². The summed E-state index contributed by atoms with van der Waals surface area (Å²) in [6.07, 6.45) is -0.771. The van der Waals surface area contributed by atoms with E-state index >= 15 is 0 Å². The summed E-state index contributed by atoms with van der Waals surface area (Å²) < 4.78 is 25.9. The summed E-state index contributed by atoms with van der Waals surface area (Å²) in [6.45, 7) is 0. The van der Waals surface area contributed by atoms with Crippen LogP contribution < -0.4 is 0 Å². The highest BCUT2D eigenvalue weighted by molar-refractivity contribution is 9.10. The van der Waals surface area contributed by atoms with Gasteiger partial charge in [0.1, 0.15) is 0 Å². The lowest BCUT2D eigenvalue weighted by Crippen LogP contribution is -2.30. The number of rotatable bonds is 3. The molecule has 1 aromatic rings. The minimum absolute atomic E-state index is 0.317. The first kappa shape index (κ1) is 10.6. The van der Waals surface area contributed by atoms with Crippen molar-refractivity contribution in [3.8, 4) is 0 Å². The van der Waals surface area contributed by atoms with Crippen molar-refractivity contribution in [3.05, 3.63) is 20.8 Å². The summed E-state index contributed by atoms with van der Waals surface area (Å²) >= 11 is 4.30. The van der Waals surface area contributed by atoms with E-state index in [1.165, 1.54) is 16.7 Å². The molecule has 0 saturated heterocycles. The van der Waals surface area contributed by atoms with Gasteiger partial charge in [0.2, 0.25) is 0 Å². The average Bonchev–Trinajstić information content (AvgIpc) is 2.35. The van der Waals surface area contributed by atoms with Crippen molar-refractivity contribution in [1.82, 2.24) is 0 Å². The number of carboxylic acids is 1. The van der Waals surface area contributed by atoms with E-state index < -0.39 is 18.3 Å². The highest BCUT2D eigenvalue weighted by Crippen LogP contribution is 2.28. The van der Waals surface area contributed by atoms with E-state index in [9.17, 15) is 13.6 Å². The van der Waals surface area contributed by atoms with Gasteiger partial charge in [0.25, 0.3) is 0 Å². The van der Waals surface area contributed by atoms with Gasteiger partial charge in [-0.3, -0.25) is 0 Å². The molecule has 1 N–H and O–H groups in total. The molecule has 1 aromatic heterocycles. The molecule has 6 heteroatoms. The van der Waals surface area contributed by atoms with Gasteiger partial charge in [0.05, 0.1) is 0 Å². The number of carbonyl (C=O) groups is 1. The van der Waals surface area contributed by atoms with E-state index in [-0.39, 0.29) is 0 Å². The van der Waals surface area contributed by atoms with Gasteiger partial charge in [-0.2, -0.15) is 20.1 Å². The molecule has 2 nitrogen and oxygen atoms in total. The van der Waals surface area contributed by atoms with Crippen molar-refractivity contribution in [2.45, 2.75) is 12.3 Å². The fourth-order valence-electron chi connectivity index (χ4n) is 0.749. The number of halogens is 3. The average molecular weight is 271 g/mol. The number of alkyl halides is 2. The molecular weight excluding hydrogens is 266 g/mol. The second-order valence-electron chi connectivity index (χ2n) is 2.43. The number of hydrogen-bond acceptors (Lipinski definition) is 2. The van der Waals surface area contributed by atoms with Crippen molar-refractivity contribution >= 4 is 33.2 Å². The first-order valence-corrected chi connectivity index (χ1v) is 4.99. The van der Waals surface area contributed by atoms with Crippen LogP contribution in [-0.4, -0.2) is 17.0 Å². The molecule has 0 atom stereocenters. The normalized spacial score (nSPS) is 11.6. The second-order valence-corrected chi connectivity index (χ2v) is 4.03. The number of carboxylic acid groups (broad SMARTS) is 1. The monoisotopic (exact) mass is 270 g/mol. The molecule has 0 aliphatic rings. The summed E-state index contributed by atoms with van der Waals surface area (Å²) in [4.78, 5) is 10.1. The maximum absolute atomic E-state index is 12.7. The summed E-state index contributed by atoms with van der Waals surface area (Å²) in [6, 6.07) is 0. The predicted molar refractivity (Wildman–Crippen MR) is 48.3 cm³/mol. The fraction of sp³-hybridized carbons (Fsp3) is 0.286. The van der Waals surface area contributed by atoms with E-state index in [0.29, 0.717) is 10.0 Å². The van der Waals surface area contributed by atoms with E-state index in [1.54, 1.807) is 5.38 Å². The van der Waals surface area contributed by atoms with Crippen LogP contribution in [0, 0.1) is 0 Å². The van der Waals surface area contributed by atoms with Gasteiger partial charge in [-0.25, -0.2) is 4.79 Å². The molecule has 13 heavy (non-hydrogen) atoms. The Morgan fingerprint density at radius 1 is 1.62 bits per heavy atom. The molecule has 0 saturated carbocycles. The molecule has 1 rings (SSSR count). The maximum Gasteiger partial charge on any atom is 0.374 e. The second kappa shape index (κ2) is 3.71. The number of aliphatic carboxylic acids is 1. The zero-order valence-corrected chi connectivity index (χ0v) is 8.66. The van der Waals surface area contributed by atoms with Gasteiger partial charge in [-0.1, -0.05) is 0 Å². The van der Waals surface area contributed by atoms with Crippen LogP contribution in [-0.2, 0) is 11.2 Å². The lowest BCUT2D eigenvalue weighted by atomic mass is 10.1. The molecule has 0 aliphatic heterocycles. The van der Waals surface area contributed by atoms with Crippen LogP contribution in [0.15, 0.2) is 15.2 Å². The maximum atomic E-state index is 12.7. The Morgan fingerprint density at radius 2 is 2.23 bits per heavy atom. The number of hydrogen-bond donors (Lipinski definition) is 1. The van der Waals surface area contributed by atoms with Crippen LogP contribution in [0.2, 0.25) is 0 Å². The molecule has 1 heterocycles. The number of thiophene rings is 1. The molecule has 72 valence electrons. The van der Waals surface area contributed by atoms with E-state index in [0.717, 1.165) is 0 Å². The standard InChI is InChI=1S/C7H5BrF2O2S/c8-5-3-13-2-4(5)1-7(9,10)6(11)12/h2-3H,1H2,(H,11,12). The Bertz CT molecular complexity index is 324. The Balaban J connectivity index is 2.80. The SMILES string of the molecule is O=C(O)C(F)(F)Cc1cscc1Br. The molecule has 0 bridgehead atoms. The van der Waals surface area contributed by atoms with Gasteiger partial charge in [-0.15, -0.1) is 0 Å². The van der Waals surface area contributed by atoms with Gasteiger partial charge in [0.15, 0.2) is 0 Å². The zero-order valence-electron chi connectivity index (χ0n) is 6.26. The molecule has 0 aromatic carbocycles. The van der Waals surface area contributed by atoms with Crippen molar-refractivity contribution in [1.29, 1.82) is 0 Å². The van der Waals surface area contributed by atoms with Crippen LogP contribution in [0.4, 0.5) is 8.78 Å². The first-order valence-electron chi connectivity index (χ1n) is 3.25. The topological polar surface area (TPSA) is 37.3 Å². The zero-order chi connectivity index (χ0) is 10.1. The molecule has 0 unspecified atom stereocenters. The van der Waals surface area contributed by atoms with Crippen molar-refractivity contribution < 1.29 is 18.7 Å². The van der Waals surface area contributed by atoms with Gasteiger partial charge in [-0.05, 0) is 26.9 Å². The largest absolute Gasteiger partial charge is 0.477 e. The van der Waals surface area contributed by atoms with Crippen molar-refractivity contribution in [2.75, 3.05) is 0 Å². The minimum atomic E-state index is -3.69. The molecule has 0 radical (unpaired) electrons. The third kappa shape index (κ3) is 2.47. The third-order valence-electron chi connectivity index (χ3n) is 1.41. The Kier molecular flexibility index (Phi) is 3.02. The van der Waals surface area contributed by atoms with Crippen LogP contribution in [0.1, 0.15) is 5.56 Å². The summed E-state index contributed by atoms with van der Waals surface area (Å²) in [5, 5.41) is 11.3. The minimum Gasteiger partial charge on any atom is -0.477 e. The Morgan fingerprint density at radius 3 is 2.62 bits per heavy atom. The highest BCUT2D eigenvalue weighted by Gasteiger charge is 2.39. The molecular formula is C7H5BrF2O2S. The molecule has 0 aliphatic carbocycles. The Hall–Kier alpha value is -0.490. The fourth-order valence-corrected chi connectivity index (χ4v) is 2.19. The van der Waals surface area contributed by atoms with Gasteiger partial charge in [0, 0.05) is 16.3 Å². The van der Waals surface area contributed by atoms with Crippen LogP contribution >= 0.6 is 27.3 Å². The lowest BCUT2D eigenvalue weighted by molar-refractivity contribution is -0.164. The smallest absolute Gasteiger partial charge is 0.374 e. The molecule has 0 spiro atoms. The van der Waals surface area contributed by atoms with Gasteiger partial charge >= 0.3 is 11.9 Å². The molecule has 0 fully saturated rings. The lowest BCUT2D eigenvalue weighted by Gasteiger charge is -2.09.